The van der Waals surface area contributed by atoms with Gasteiger partial charge in [0.1, 0.15) is 10.8 Å². The van der Waals surface area contributed by atoms with Crippen molar-refractivity contribution in [2.45, 2.75) is 39.2 Å². The second-order valence-corrected chi connectivity index (χ2v) is 8.73. The molecular weight excluding hydrogens is 458 g/mol. The normalized spacial score (nSPS) is 13.2. The molecule has 1 N–H and O–H groups in total. The molecule has 0 atom stereocenters. The smallest absolute Gasteiger partial charge is 0.341 e. The maximum Gasteiger partial charge on any atom is 0.341 e. The Morgan fingerprint density at radius 3 is 2.93 bits per heavy atom. The lowest BCUT2D eigenvalue weighted by Crippen LogP contribution is -2.15. The van der Waals surface area contributed by atoms with Gasteiger partial charge in [0.15, 0.2) is 5.76 Å². The number of carbonyl (C=O) groups is 2. The summed E-state index contributed by atoms with van der Waals surface area (Å²) >= 11 is 4.81. The van der Waals surface area contributed by atoms with Gasteiger partial charge in [0.25, 0.3) is 5.91 Å². The van der Waals surface area contributed by atoms with Crippen molar-refractivity contribution in [1.82, 2.24) is 9.78 Å². The number of carbonyl (C=O) groups excluding carboxylic acids is 2. The molecule has 7 nitrogen and oxygen atoms in total. The van der Waals surface area contributed by atoms with Crippen LogP contribution in [0.4, 0.5) is 5.00 Å². The van der Waals surface area contributed by atoms with Crippen LogP contribution in [0, 0.1) is 0 Å². The first-order chi connectivity index (χ1) is 14.0. The van der Waals surface area contributed by atoms with Gasteiger partial charge in [0, 0.05) is 11.1 Å². The van der Waals surface area contributed by atoms with Gasteiger partial charge in [-0.25, -0.2) is 4.79 Å². The summed E-state index contributed by atoms with van der Waals surface area (Å²) in [4.78, 5) is 26.4. The number of nitrogens with one attached hydrogen (secondary N) is 1. The van der Waals surface area contributed by atoms with E-state index in [0.29, 0.717) is 29.5 Å². The van der Waals surface area contributed by atoms with Crippen molar-refractivity contribution in [3.63, 3.8) is 0 Å². The molecule has 3 aromatic heterocycles. The van der Waals surface area contributed by atoms with E-state index in [1.165, 1.54) is 11.3 Å². The highest BCUT2D eigenvalue weighted by Crippen LogP contribution is 2.38. The van der Waals surface area contributed by atoms with Crippen LogP contribution in [-0.2, 0) is 24.1 Å². The highest BCUT2D eigenvalue weighted by Gasteiger charge is 2.28. The third-order valence-corrected chi connectivity index (χ3v) is 6.30. The Morgan fingerprint density at radius 1 is 1.34 bits per heavy atom. The number of aromatic nitrogens is 2. The molecule has 0 aliphatic heterocycles. The molecule has 0 bridgehead atoms. The molecule has 0 unspecified atom stereocenters. The maximum absolute atomic E-state index is 12.7. The molecule has 1 aliphatic carbocycles. The van der Waals surface area contributed by atoms with Crippen molar-refractivity contribution < 1.29 is 18.7 Å². The summed E-state index contributed by atoms with van der Waals surface area (Å²) in [6.07, 6.45) is 7.39. The lowest BCUT2D eigenvalue weighted by molar-refractivity contribution is 0.0526. The average molecular weight is 478 g/mol. The number of amides is 1. The number of hydrogen-bond acceptors (Lipinski definition) is 6. The van der Waals surface area contributed by atoms with Crippen molar-refractivity contribution in [2.75, 3.05) is 11.9 Å². The van der Waals surface area contributed by atoms with Gasteiger partial charge in [0.2, 0.25) is 0 Å². The minimum absolute atomic E-state index is 0.187. The molecule has 0 radical (unpaired) electrons. The molecule has 4 rings (SSSR count). The van der Waals surface area contributed by atoms with E-state index in [-0.39, 0.29) is 17.6 Å². The highest BCUT2D eigenvalue weighted by atomic mass is 79.9. The Morgan fingerprint density at radius 2 is 2.17 bits per heavy atom. The number of aryl methyl sites for hydroxylation is 1. The van der Waals surface area contributed by atoms with E-state index >= 15 is 0 Å². The van der Waals surface area contributed by atoms with Gasteiger partial charge in [-0.3, -0.25) is 9.48 Å². The quantitative estimate of drug-likeness (QED) is 0.521. The minimum atomic E-state index is -0.387. The monoisotopic (exact) mass is 477 g/mol. The summed E-state index contributed by atoms with van der Waals surface area (Å²) in [7, 11) is 0. The number of halogens is 1. The number of esters is 1. The standard InChI is InChI=1S/C20H20BrN3O4S/c1-2-27-20(26)17-14-5-3-4-6-16(14)29-19(17)23-18(25)15-8-7-13(28-15)11-24-10-12(21)9-22-24/h7-10H,2-6,11H2,1H3,(H,23,25). The number of fused-ring (bicyclic) bond motifs is 1. The topological polar surface area (TPSA) is 86.4 Å². The molecular formula is C20H20BrN3O4S. The van der Waals surface area contributed by atoms with Gasteiger partial charge in [-0.05, 0) is 66.2 Å². The Labute approximate surface area is 180 Å². The number of thiophene rings is 1. The van der Waals surface area contributed by atoms with Crippen LogP contribution in [0.25, 0.3) is 0 Å². The predicted molar refractivity (Wildman–Crippen MR) is 113 cm³/mol. The van der Waals surface area contributed by atoms with Crippen LogP contribution in [0.5, 0.6) is 0 Å². The highest BCUT2D eigenvalue weighted by molar-refractivity contribution is 9.10. The fourth-order valence-corrected chi connectivity index (χ4v) is 5.01. The number of furan rings is 1. The first kappa shape index (κ1) is 19.9. The summed E-state index contributed by atoms with van der Waals surface area (Å²) in [5.74, 6) is 0.0304. The van der Waals surface area contributed by atoms with Gasteiger partial charge >= 0.3 is 5.97 Å². The predicted octanol–water partition coefficient (Wildman–Crippen LogP) is 4.66. The Kier molecular flexibility index (Phi) is 5.86. The van der Waals surface area contributed by atoms with Crippen LogP contribution in [0.2, 0.25) is 0 Å². The molecule has 1 amide bonds. The van der Waals surface area contributed by atoms with Crippen LogP contribution < -0.4 is 5.32 Å². The molecule has 9 heteroatoms. The third kappa shape index (κ3) is 4.30. The average Bonchev–Trinajstić information content (AvgIpc) is 3.40. The molecule has 3 heterocycles. The molecule has 0 aromatic carbocycles. The first-order valence-electron chi connectivity index (χ1n) is 9.44. The summed E-state index contributed by atoms with van der Waals surface area (Å²) in [5, 5.41) is 7.57. The molecule has 29 heavy (non-hydrogen) atoms. The molecule has 152 valence electrons. The van der Waals surface area contributed by atoms with Crippen molar-refractivity contribution >= 4 is 44.1 Å². The van der Waals surface area contributed by atoms with Crippen LogP contribution in [0.1, 0.15) is 56.9 Å². The number of nitrogens with zero attached hydrogens (tertiary/aromatic N) is 2. The fourth-order valence-electron chi connectivity index (χ4n) is 3.41. The second kappa shape index (κ2) is 8.54. The zero-order valence-corrected chi connectivity index (χ0v) is 18.3. The zero-order valence-electron chi connectivity index (χ0n) is 15.9. The van der Waals surface area contributed by atoms with Gasteiger partial charge in [-0.1, -0.05) is 0 Å². The van der Waals surface area contributed by atoms with Gasteiger partial charge in [-0.15, -0.1) is 11.3 Å². The van der Waals surface area contributed by atoms with Crippen molar-refractivity contribution in [3.05, 3.63) is 56.5 Å². The molecule has 0 spiro atoms. The van der Waals surface area contributed by atoms with E-state index in [9.17, 15) is 9.59 Å². The first-order valence-corrected chi connectivity index (χ1v) is 11.1. The van der Waals surface area contributed by atoms with Crippen LogP contribution in [-0.4, -0.2) is 28.3 Å². The van der Waals surface area contributed by atoms with Gasteiger partial charge < -0.3 is 14.5 Å². The van der Waals surface area contributed by atoms with Crippen molar-refractivity contribution in [1.29, 1.82) is 0 Å². The Balaban J connectivity index is 1.54. The van der Waals surface area contributed by atoms with Crippen LogP contribution in [0.15, 0.2) is 33.4 Å². The molecule has 0 saturated carbocycles. The minimum Gasteiger partial charge on any atom is -0.462 e. The summed E-state index contributed by atoms with van der Waals surface area (Å²) in [6.45, 7) is 2.49. The number of hydrogen-bond donors (Lipinski definition) is 1. The summed E-state index contributed by atoms with van der Waals surface area (Å²) in [6, 6.07) is 3.37. The zero-order chi connectivity index (χ0) is 20.4. The van der Waals surface area contributed by atoms with Crippen LogP contribution in [0.3, 0.4) is 0 Å². The van der Waals surface area contributed by atoms with Crippen molar-refractivity contribution in [3.8, 4) is 0 Å². The van der Waals surface area contributed by atoms with E-state index in [4.69, 9.17) is 9.15 Å². The summed E-state index contributed by atoms with van der Waals surface area (Å²) in [5.41, 5.74) is 1.51. The van der Waals surface area contributed by atoms with Crippen LogP contribution >= 0.6 is 27.3 Å². The molecule has 0 fully saturated rings. The van der Waals surface area contributed by atoms with E-state index < -0.39 is 0 Å². The van der Waals surface area contributed by atoms with Crippen molar-refractivity contribution in [2.24, 2.45) is 0 Å². The van der Waals surface area contributed by atoms with E-state index in [1.54, 1.807) is 29.9 Å². The SMILES string of the molecule is CCOC(=O)c1c(NC(=O)c2ccc(Cn3cc(Br)cn3)o2)sc2c1CCCC2. The number of rotatable bonds is 6. The third-order valence-electron chi connectivity index (χ3n) is 4.68. The number of ether oxygens (including phenoxy) is 1. The fraction of sp³-hybridized carbons (Fsp3) is 0.350. The molecule has 3 aromatic rings. The van der Waals surface area contributed by atoms with E-state index in [1.807, 2.05) is 6.20 Å². The maximum atomic E-state index is 12.7. The summed E-state index contributed by atoms with van der Waals surface area (Å²) < 4.78 is 13.5. The number of anilines is 1. The van der Waals surface area contributed by atoms with E-state index in [2.05, 4.69) is 26.3 Å². The Bertz CT molecular complexity index is 1050. The lowest BCUT2D eigenvalue weighted by atomic mass is 9.95. The molecule has 1 aliphatic rings. The molecule has 0 saturated heterocycles. The second-order valence-electron chi connectivity index (χ2n) is 6.71. The van der Waals surface area contributed by atoms with E-state index in [0.717, 1.165) is 40.6 Å². The Hall–Kier alpha value is -2.39. The van der Waals surface area contributed by atoms with Gasteiger partial charge in [0.05, 0.1) is 29.4 Å². The lowest BCUT2D eigenvalue weighted by Gasteiger charge is -2.12. The largest absolute Gasteiger partial charge is 0.462 e. The van der Waals surface area contributed by atoms with Gasteiger partial charge in [-0.2, -0.15) is 5.10 Å².